The Morgan fingerprint density at radius 1 is 1.34 bits per heavy atom. The van der Waals surface area contributed by atoms with Crippen molar-refractivity contribution in [2.75, 3.05) is 25.6 Å². The maximum Gasteiger partial charge on any atom is 0.335 e. The Labute approximate surface area is 169 Å². The van der Waals surface area contributed by atoms with Crippen LogP contribution < -0.4 is 10.5 Å². The predicted molar refractivity (Wildman–Crippen MR) is 103 cm³/mol. The number of aliphatic carboxylic acids is 1. The molecule has 0 saturated carbocycles. The highest BCUT2D eigenvalue weighted by Gasteiger charge is 2.25. The molecule has 0 amide bonds. The van der Waals surface area contributed by atoms with Gasteiger partial charge in [0.1, 0.15) is 17.9 Å². The largest absolute Gasteiger partial charge is 0.480 e. The molecule has 162 valence electrons. The number of carbonyl (C=O) groups excluding carboxylic acids is 1. The standard InChI is InChI=1S/C12H13NO4.C6H12O5S/c1-2-11(14)17-9-5-3-8(4-6-9)7-10(13)12(15)16;7-2-1-3-12(8,9)11-5-6-4-10-6/h2-6,10H,1,7,13H2,(H,15,16);6-7H,1-5H2. The van der Waals surface area contributed by atoms with E-state index in [1.807, 2.05) is 0 Å². The lowest BCUT2D eigenvalue weighted by Gasteiger charge is -2.07. The summed E-state index contributed by atoms with van der Waals surface area (Å²) in [5.74, 6) is -1.34. The van der Waals surface area contributed by atoms with E-state index in [9.17, 15) is 18.0 Å². The van der Waals surface area contributed by atoms with Gasteiger partial charge in [0.15, 0.2) is 0 Å². The highest BCUT2D eigenvalue weighted by Crippen LogP contribution is 2.13. The molecule has 1 aliphatic heterocycles. The number of aliphatic hydroxyl groups excluding tert-OH is 1. The molecule has 1 saturated heterocycles. The van der Waals surface area contributed by atoms with Crippen LogP contribution >= 0.6 is 0 Å². The topological polar surface area (TPSA) is 166 Å². The number of rotatable bonds is 11. The van der Waals surface area contributed by atoms with Crippen molar-refractivity contribution in [3.05, 3.63) is 42.5 Å². The Hall–Kier alpha value is -2.31. The van der Waals surface area contributed by atoms with E-state index in [1.54, 1.807) is 24.3 Å². The summed E-state index contributed by atoms with van der Waals surface area (Å²) in [6.45, 7) is 3.82. The van der Waals surface area contributed by atoms with Gasteiger partial charge in [-0.1, -0.05) is 18.7 Å². The molecule has 0 radical (unpaired) electrons. The van der Waals surface area contributed by atoms with Crippen LogP contribution in [0.1, 0.15) is 12.0 Å². The van der Waals surface area contributed by atoms with Gasteiger partial charge < -0.3 is 25.4 Å². The van der Waals surface area contributed by atoms with E-state index in [2.05, 4.69) is 10.8 Å². The van der Waals surface area contributed by atoms with E-state index in [-0.39, 0.29) is 37.9 Å². The highest BCUT2D eigenvalue weighted by atomic mass is 32.2. The molecule has 2 atom stereocenters. The zero-order chi connectivity index (χ0) is 21.9. The van der Waals surface area contributed by atoms with Crippen LogP contribution in [0.3, 0.4) is 0 Å². The second-order valence-corrected chi connectivity index (χ2v) is 7.76. The van der Waals surface area contributed by atoms with Crippen molar-refractivity contribution in [3.8, 4) is 5.75 Å². The number of carboxylic acids is 1. The molecule has 29 heavy (non-hydrogen) atoms. The molecule has 2 unspecified atom stereocenters. The molecule has 1 heterocycles. The number of benzene rings is 1. The van der Waals surface area contributed by atoms with Gasteiger partial charge in [0.05, 0.1) is 19.0 Å². The summed E-state index contributed by atoms with van der Waals surface area (Å²) in [6, 6.07) is 5.54. The first-order valence-electron chi connectivity index (χ1n) is 8.68. The first-order chi connectivity index (χ1) is 13.7. The summed E-state index contributed by atoms with van der Waals surface area (Å²) in [5.41, 5.74) is 6.15. The molecule has 0 aromatic heterocycles. The van der Waals surface area contributed by atoms with E-state index in [1.165, 1.54) is 0 Å². The number of ether oxygens (including phenoxy) is 2. The van der Waals surface area contributed by atoms with Crippen LogP contribution in [0.25, 0.3) is 0 Å². The SMILES string of the molecule is C=CC(=O)Oc1ccc(CC(N)C(=O)O)cc1.O=S(=O)(CCCO)OCC1CO1. The van der Waals surface area contributed by atoms with Gasteiger partial charge in [-0.25, -0.2) is 4.79 Å². The highest BCUT2D eigenvalue weighted by molar-refractivity contribution is 7.86. The minimum absolute atomic E-state index is 0.0473. The van der Waals surface area contributed by atoms with Crippen molar-refractivity contribution >= 4 is 22.1 Å². The normalized spacial score (nSPS) is 16.1. The summed E-state index contributed by atoms with van der Waals surface area (Å²) in [7, 11) is -3.44. The van der Waals surface area contributed by atoms with E-state index in [4.69, 9.17) is 25.4 Å². The molecule has 0 bridgehead atoms. The molecule has 4 N–H and O–H groups in total. The van der Waals surface area contributed by atoms with Gasteiger partial charge in [0.2, 0.25) is 0 Å². The Kier molecular flexibility index (Phi) is 10.5. The van der Waals surface area contributed by atoms with Crippen molar-refractivity contribution in [2.45, 2.75) is 25.0 Å². The third kappa shape index (κ3) is 11.3. The number of hydrogen-bond acceptors (Lipinski definition) is 9. The summed E-state index contributed by atoms with van der Waals surface area (Å²) >= 11 is 0. The molecular weight excluding hydrogens is 406 g/mol. The Balaban J connectivity index is 0.000000308. The molecule has 0 aliphatic carbocycles. The quantitative estimate of drug-likeness (QED) is 0.141. The maximum atomic E-state index is 10.9. The average Bonchev–Trinajstić information content (AvgIpc) is 3.51. The number of hydrogen-bond donors (Lipinski definition) is 3. The van der Waals surface area contributed by atoms with Gasteiger partial charge in [-0.2, -0.15) is 8.42 Å². The zero-order valence-corrected chi connectivity index (χ0v) is 16.5. The fourth-order valence-electron chi connectivity index (χ4n) is 1.84. The fraction of sp³-hybridized carbons (Fsp3) is 0.444. The van der Waals surface area contributed by atoms with Gasteiger partial charge in [0.25, 0.3) is 10.1 Å². The summed E-state index contributed by atoms with van der Waals surface area (Å²) in [5, 5.41) is 17.0. The van der Waals surface area contributed by atoms with Crippen molar-refractivity contribution in [2.24, 2.45) is 5.73 Å². The Bertz CT molecular complexity index is 773. The van der Waals surface area contributed by atoms with Gasteiger partial charge in [-0.05, 0) is 30.5 Å². The molecule has 1 aliphatic rings. The summed E-state index contributed by atoms with van der Waals surface area (Å²) < 4.78 is 36.1. The van der Waals surface area contributed by atoms with Crippen LogP contribution in [0, 0.1) is 0 Å². The van der Waals surface area contributed by atoms with Gasteiger partial charge >= 0.3 is 11.9 Å². The van der Waals surface area contributed by atoms with E-state index < -0.39 is 28.1 Å². The second kappa shape index (κ2) is 12.3. The van der Waals surface area contributed by atoms with Gasteiger partial charge in [-0.3, -0.25) is 8.98 Å². The Morgan fingerprint density at radius 3 is 2.45 bits per heavy atom. The van der Waals surface area contributed by atoms with Crippen LogP contribution in [0.15, 0.2) is 36.9 Å². The molecule has 1 aromatic carbocycles. The number of nitrogens with two attached hydrogens (primary N) is 1. The molecule has 2 rings (SSSR count). The van der Waals surface area contributed by atoms with Crippen LogP contribution in [-0.4, -0.2) is 68.3 Å². The number of epoxide rings is 1. The maximum absolute atomic E-state index is 10.9. The molecule has 0 spiro atoms. The van der Waals surface area contributed by atoms with Gasteiger partial charge in [0, 0.05) is 12.7 Å². The monoisotopic (exact) mass is 431 g/mol. The van der Waals surface area contributed by atoms with E-state index in [0.717, 1.165) is 11.6 Å². The van der Waals surface area contributed by atoms with Crippen molar-refractivity contribution in [3.63, 3.8) is 0 Å². The minimum Gasteiger partial charge on any atom is -0.480 e. The number of carboxylic acid groups (broad SMARTS) is 1. The molecular formula is C18H25NO9S. The molecule has 1 fully saturated rings. The molecule has 11 heteroatoms. The second-order valence-electron chi connectivity index (χ2n) is 6.00. The van der Waals surface area contributed by atoms with Crippen LogP contribution in [-0.2, 0) is 35.0 Å². The Morgan fingerprint density at radius 2 is 1.97 bits per heavy atom. The first-order valence-corrected chi connectivity index (χ1v) is 10.3. The number of esters is 1. The van der Waals surface area contributed by atoms with Crippen molar-refractivity contribution < 1.29 is 41.9 Å². The van der Waals surface area contributed by atoms with Crippen LogP contribution in [0.4, 0.5) is 0 Å². The molecule has 1 aromatic rings. The summed E-state index contributed by atoms with van der Waals surface area (Å²) in [6.07, 6.45) is 1.46. The van der Waals surface area contributed by atoms with Crippen molar-refractivity contribution in [1.82, 2.24) is 0 Å². The fourth-order valence-corrected chi connectivity index (χ4v) is 2.80. The van der Waals surface area contributed by atoms with Crippen LogP contribution in [0.2, 0.25) is 0 Å². The first kappa shape index (κ1) is 24.7. The minimum atomic E-state index is -3.44. The third-order valence-electron chi connectivity index (χ3n) is 3.47. The van der Waals surface area contributed by atoms with Crippen molar-refractivity contribution in [1.29, 1.82) is 0 Å². The van der Waals surface area contributed by atoms with Gasteiger partial charge in [-0.15, -0.1) is 0 Å². The lowest BCUT2D eigenvalue weighted by Crippen LogP contribution is -2.32. The number of aliphatic hydroxyl groups is 1. The summed E-state index contributed by atoms with van der Waals surface area (Å²) in [4.78, 5) is 21.4. The predicted octanol–water partition coefficient (Wildman–Crippen LogP) is -0.154. The zero-order valence-electron chi connectivity index (χ0n) is 15.7. The lowest BCUT2D eigenvalue weighted by molar-refractivity contribution is -0.138. The number of carbonyl (C=O) groups is 2. The average molecular weight is 431 g/mol. The van der Waals surface area contributed by atoms with E-state index in [0.29, 0.717) is 12.4 Å². The third-order valence-corrected chi connectivity index (χ3v) is 4.75. The van der Waals surface area contributed by atoms with Crippen LogP contribution in [0.5, 0.6) is 5.75 Å². The smallest absolute Gasteiger partial charge is 0.335 e. The lowest BCUT2D eigenvalue weighted by atomic mass is 10.1. The molecule has 10 nitrogen and oxygen atoms in total. The van der Waals surface area contributed by atoms with E-state index >= 15 is 0 Å².